The van der Waals surface area contributed by atoms with Gasteiger partial charge < -0.3 is 10.2 Å². The summed E-state index contributed by atoms with van der Waals surface area (Å²) in [5.74, 6) is 0.307. The van der Waals surface area contributed by atoms with Gasteiger partial charge in [0.2, 0.25) is 0 Å². The summed E-state index contributed by atoms with van der Waals surface area (Å²) in [6.45, 7) is 1.82. The van der Waals surface area contributed by atoms with Gasteiger partial charge in [-0.15, -0.1) is 0 Å². The minimum atomic E-state index is -4.37. The fourth-order valence-electron chi connectivity index (χ4n) is 2.99. The Balaban J connectivity index is 1.52. The molecule has 0 spiro atoms. The average molecular weight is 432 g/mol. The van der Waals surface area contributed by atoms with E-state index in [2.05, 4.69) is 26.2 Å². The predicted molar refractivity (Wildman–Crippen MR) is 95.4 cm³/mol. The quantitative estimate of drug-likeness (QED) is 0.707. The van der Waals surface area contributed by atoms with Crippen molar-refractivity contribution in [3.05, 3.63) is 57.9 Å². The van der Waals surface area contributed by atoms with E-state index in [1.807, 2.05) is 4.90 Å². The van der Waals surface area contributed by atoms with E-state index in [4.69, 9.17) is 0 Å². The first-order valence-corrected chi connectivity index (χ1v) is 9.08. The Morgan fingerprint density at radius 1 is 1.15 bits per heavy atom. The van der Waals surface area contributed by atoms with E-state index in [9.17, 15) is 17.6 Å². The van der Waals surface area contributed by atoms with E-state index in [0.29, 0.717) is 31.0 Å². The number of hydrogen-bond donors (Lipinski definition) is 1. The SMILES string of the molecule is Fc1ccc(Br)cc1CNC1CCN(c2ccc(C(F)(F)F)cn2)CC1. The first kappa shape index (κ1) is 19.1. The minimum absolute atomic E-state index is 0.235. The lowest BCUT2D eigenvalue weighted by Gasteiger charge is -2.33. The van der Waals surface area contributed by atoms with Gasteiger partial charge >= 0.3 is 6.18 Å². The fraction of sp³-hybridized carbons (Fsp3) is 0.389. The molecule has 1 aromatic heterocycles. The summed E-state index contributed by atoms with van der Waals surface area (Å²) in [7, 11) is 0. The molecule has 3 nitrogen and oxygen atoms in total. The third-order valence-corrected chi connectivity index (χ3v) is 4.98. The molecule has 0 atom stereocenters. The molecule has 1 fully saturated rings. The Kier molecular flexibility index (Phi) is 5.82. The van der Waals surface area contributed by atoms with Crippen molar-refractivity contribution in [2.45, 2.75) is 31.6 Å². The van der Waals surface area contributed by atoms with Crippen LogP contribution in [0.3, 0.4) is 0 Å². The monoisotopic (exact) mass is 431 g/mol. The van der Waals surface area contributed by atoms with Crippen LogP contribution in [-0.2, 0) is 12.7 Å². The number of nitrogens with zero attached hydrogens (tertiary/aromatic N) is 2. The number of aromatic nitrogens is 1. The van der Waals surface area contributed by atoms with Crippen LogP contribution in [0.5, 0.6) is 0 Å². The summed E-state index contributed by atoms with van der Waals surface area (Å²) < 4.78 is 52.4. The number of rotatable bonds is 4. The number of nitrogens with one attached hydrogen (secondary N) is 1. The molecule has 0 bridgehead atoms. The number of hydrogen-bond acceptors (Lipinski definition) is 3. The number of pyridine rings is 1. The van der Waals surface area contributed by atoms with E-state index in [-0.39, 0.29) is 11.9 Å². The van der Waals surface area contributed by atoms with Gasteiger partial charge in [0.25, 0.3) is 0 Å². The maximum absolute atomic E-state index is 13.8. The lowest BCUT2D eigenvalue weighted by molar-refractivity contribution is -0.137. The van der Waals surface area contributed by atoms with Crippen LogP contribution in [0.25, 0.3) is 0 Å². The topological polar surface area (TPSA) is 28.2 Å². The highest BCUT2D eigenvalue weighted by atomic mass is 79.9. The Bertz CT molecular complexity index is 741. The van der Waals surface area contributed by atoms with Crippen molar-refractivity contribution < 1.29 is 17.6 Å². The van der Waals surface area contributed by atoms with Gasteiger partial charge in [-0.3, -0.25) is 0 Å². The summed E-state index contributed by atoms with van der Waals surface area (Å²) in [6.07, 6.45) is -1.86. The molecule has 0 unspecified atom stereocenters. The molecule has 140 valence electrons. The molecule has 0 radical (unpaired) electrons. The molecular formula is C18H18BrF4N3. The van der Waals surface area contributed by atoms with Crippen molar-refractivity contribution in [3.63, 3.8) is 0 Å². The van der Waals surface area contributed by atoms with E-state index < -0.39 is 11.7 Å². The molecule has 0 amide bonds. The Morgan fingerprint density at radius 2 is 1.88 bits per heavy atom. The molecule has 2 aromatic rings. The lowest BCUT2D eigenvalue weighted by Crippen LogP contribution is -2.42. The molecule has 1 N–H and O–H groups in total. The van der Waals surface area contributed by atoms with Crippen LogP contribution < -0.4 is 10.2 Å². The lowest BCUT2D eigenvalue weighted by atomic mass is 10.0. The van der Waals surface area contributed by atoms with Gasteiger partial charge in [0.1, 0.15) is 11.6 Å². The van der Waals surface area contributed by atoms with Crippen molar-refractivity contribution >= 4 is 21.7 Å². The number of alkyl halides is 3. The van der Waals surface area contributed by atoms with Gasteiger partial charge in [0.05, 0.1) is 5.56 Å². The predicted octanol–water partition coefficient (Wildman–Crippen LogP) is 4.76. The molecule has 2 heterocycles. The van der Waals surface area contributed by atoms with Gasteiger partial charge in [-0.1, -0.05) is 15.9 Å². The summed E-state index contributed by atoms with van der Waals surface area (Å²) in [6, 6.07) is 7.55. The van der Waals surface area contributed by atoms with Gasteiger partial charge in [-0.2, -0.15) is 13.2 Å². The molecule has 1 saturated heterocycles. The molecule has 8 heteroatoms. The van der Waals surface area contributed by atoms with Crippen LogP contribution in [0.2, 0.25) is 0 Å². The molecule has 26 heavy (non-hydrogen) atoms. The summed E-state index contributed by atoms with van der Waals surface area (Å²) in [5, 5.41) is 3.35. The molecule has 0 aliphatic carbocycles. The first-order valence-electron chi connectivity index (χ1n) is 8.28. The second-order valence-corrected chi connectivity index (χ2v) is 7.20. The highest BCUT2D eigenvalue weighted by Gasteiger charge is 2.31. The highest BCUT2D eigenvalue weighted by Crippen LogP contribution is 2.29. The Hall–Kier alpha value is -1.67. The summed E-state index contributed by atoms with van der Waals surface area (Å²) in [5.41, 5.74) is -0.139. The zero-order chi connectivity index (χ0) is 18.7. The molecule has 3 rings (SSSR count). The van der Waals surface area contributed by atoms with Gasteiger partial charge in [0, 0.05) is 41.9 Å². The Labute approximate surface area is 157 Å². The van der Waals surface area contributed by atoms with Crippen LogP contribution in [0, 0.1) is 5.82 Å². The molecular weight excluding hydrogens is 414 g/mol. The van der Waals surface area contributed by atoms with Crippen molar-refractivity contribution in [1.82, 2.24) is 10.3 Å². The number of halogens is 5. The van der Waals surface area contributed by atoms with E-state index in [0.717, 1.165) is 29.6 Å². The van der Waals surface area contributed by atoms with Crippen LogP contribution in [0.15, 0.2) is 41.0 Å². The van der Waals surface area contributed by atoms with Crippen LogP contribution in [0.1, 0.15) is 24.0 Å². The fourth-order valence-corrected chi connectivity index (χ4v) is 3.40. The third kappa shape index (κ3) is 4.73. The highest BCUT2D eigenvalue weighted by molar-refractivity contribution is 9.10. The zero-order valence-corrected chi connectivity index (χ0v) is 15.4. The number of piperidine rings is 1. The molecule has 1 aliphatic heterocycles. The molecule has 0 saturated carbocycles. The largest absolute Gasteiger partial charge is 0.417 e. The summed E-state index contributed by atoms with van der Waals surface area (Å²) in [4.78, 5) is 5.91. The maximum Gasteiger partial charge on any atom is 0.417 e. The molecule has 1 aliphatic rings. The number of benzene rings is 1. The van der Waals surface area contributed by atoms with Crippen molar-refractivity contribution in [2.24, 2.45) is 0 Å². The number of anilines is 1. The maximum atomic E-state index is 13.8. The van der Waals surface area contributed by atoms with E-state index in [1.165, 1.54) is 12.1 Å². The van der Waals surface area contributed by atoms with Gasteiger partial charge in [0.15, 0.2) is 0 Å². The van der Waals surface area contributed by atoms with Crippen molar-refractivity contribution in [3.8, 4) is 0 Å². The third-order valence-electron chi connectivity index (χ3n) is 4.48. The van der Waals surface area contributed by atoms with Crippen LogP contribution in [-0.4, -0.2) is 24.1 Å². The molecule has 1 aromatic carbocycles. The van der Waals surface area contributed by atoms with E-state index >= 15 is 0 Å². The average Bonchev–Trinajstić information content (AvgIpc) is 2.62. The summed E-state index contributed by atoms with van der Waals surface area (Å²) >= 11 is 3.33. The first-order chi connectivity index (χ1) is 12.3. The second kappa shape index (κ2) is 7.92. The zero-order valence-electron chi connectivity index (χ0n) is 13.9. The van der Waals surface area contributed by atoms with Gasteiger partial charge in [-0.05, 0) is 43.2 Å². The van der Waals surface area contributed by atoms with Crippen LogP contribution in [0.4, 0.5) is 23.4 Å². The van der Waals surface area contributed by atoms with Crippen molar-refractivity contribution in [1.29, 1.82) is 0 Å². The smallest absolute Gasteiger partial charge is 0.357 e. The standard InChI is InChI=1S/C18H18BrF4N3/c19-14-2-3-16(20)12(9-14)10-24-15-5-7-26(8-6-15)17-4-1-13(11-25-17)18(21,22)23/h1-4,9,11,15,24H,5-8,10H2. The van der Waals surface area contributed by atoms with Gasteiger partial charge in [-0.25, -0.2) is 9.37 Å². The Morgan fingerprint density at radius 3 is 2.50 bits per heavy atom. The second-order valence-electron chi connectivity index (χ2n) is 6.28. The normalized spacial score (nSPS) is 16.1. The van der Waals surface area contributed by atoms with Crippen molar-refractivity contribution in [2.75, 3.05) is 18.0 Å². The van der Waals surface area contributed by atoms with Crippen LogP contribution >= 0.6 is 15.9 Å². The minimum Gasteiger partial charge on any atom is -0.357 e. The van der Waals surface area contributed by atoms with E-state index in [1.54, 1.807) is 12.1 Å².